The zero-order valence-electron chi connectivity index (χ0n) is 6.91. The molecule has 0 aliphatic carbocycles. The highest BCUT2D eigenvalue weighted by Crippen LogP contribution is 2.33. The highest BCUT2D eigenvalue weighted by molar-refractivity contribution is 5.85. The molecule has 0 aromatic heterocycles. The largest absolute Gasteiger partial charge is 0.372 e. The molecule has 3 N–H and O–H groups in total. The minimum Gasteiger partial charge on any atom is -0.372 e. The number of fused-ring (bicyclic) bond motifs is 1. The first-order valence-corrected chi connectivity index (χ1v) is 3.92. The predicted molar refractivity (Wildman–Crippen MR) is 53.2 cm³/mol. The Morgan fingerprint density at radius 1 is 1.50 bits per heavy atom. The lowest BCUT2D eigenvalue weighted by atomic mass is 9.91. The van der Waals surface area contributed by atoms with Gasteiger partial charge in [-0.1, -0.05) is 0 Å². The van der Waals surface area contributed by atoms with Crippen LogP contribution < -0.4 is 11.1 Å². The summed E-state index contributed by atoms with van der Waals surface area (Å²) in [4.78, 5) is 0. The molecule has 0 aromatic carbocycles. The third-order valence-corrected chi connectivity index (χ3v) is 2.76. The summed E-state index contributed by atoms with van der Waals surface area (Å²) >= 11 is 0. The first-order valence-electron chi connectivity index (χ1n) is 3.92. The van der Waals surface area contributed by atoms with Crippen molar-refractivity contribution in [3.63, 3.8) is 0 Å². The van der Waals surface area contributed by atoms with Crippen LogP contribution in [0, 0.1) is 5.92 Å². The molecule has 3 nitrogen and oxygen atoms in total. The summed E-state index contributed by atoms with van der Waals surface area (Å²) in [5.41, 5.74) is 5.66. The number of hydrogen-bond donors (Lipinski definition) is 2. The molecule has 0 spiro atoms. The fourth-order valence-electron chi connectivity index (χ4n) is 2.02. The summed E-state index contributed by atoms with van der Waals surface area (Å²) < 4.78 is 5.63. The topological polar surface area (TPSA) is 47.3 Å². The van der Waals surface area contributed by atoms with E-state index in [-0.39, 0.29) is 30.4 Å². The minimum atomic E-state index is 0. The van der Waals surface area contributed by atoms with Gasteiger partial charge in [-0.25, -0.2) is 0 Å². The second-order valence-electron chi connectivity index (χ2n) is 3.23. The zero-order valence-corrected chi connectivity index (χ0v) is 8.55. The standard InChI is InChI=1S/C7H14N2O.2ClH/c8-4-7-5-9-3-6(7)1-2-10-7;;/h6,9H,1-5,8H2;2*1H/t6-,7+;;/m0../s1. The van der Waals surface area contributed by atoms with E-state index in [9.17, 15) is 0 Å². The van der Waals surface area contributed by atoms with Crippen molar-refractivity contribution in [3.8, 4) is 0 Å². The summed E-state index contributed by atoms with van der Waals surface area (Å²) in [6.07, 6.45) is 1.18. The Morgan fingerprint density at radius 3 is 2.83 bits per heavy atom. The Kier molecular flexibility index (Phi) is 4.81. The third-order valence-electron chi connectivity index (χ3n) is 2.76. The van der Waals surface area contributed by atoms with Crippen molar-refractivity contribution in [1.82, 2.24) is 5.32 Å². The Hall–Kier alpha value is 0.460. The Bertz CT molecular complexity index is 135. The highest BCUT2D eigenvalue weighted by atomic mass is 35.5. The molecule has 74 valence electrons. The molecule has 2 atom stereocenters. The number of nitrogens with one attached hydrogen (secondary N) is 1. The van der Waals surface area contributed by atoms with E-state index in [0.29, 0.717) is 12.5 Å². The number of nitrogens with two attached hydrogens (primary N) is 1. The molecule has 0 radical (unpaired) electrons. The van der Waals surface area contributed by atoms with Gasteiger partial charge >= 0.3 is 0 Å². The van der Waals surface area contributed by atoms with E-state index in [1.54, 1.807) is 0 Å². The van der Waals surface area contributed by atoms with Crippen LogP contribution >= 0.6 is 24.8 Å². The molecule has 12 heavy (non-hydrogen) atoms. The summed E-state index contributed by atoms with van der Waals surface area (Å²) in [5.74, 6) is 0.678. The van der Waals surface area contributed by atoms with Crippen molar-refractivity contribution < 1.29 is 4.74 Å². The fraction of sp³-hybridized carbons (Fsp3) is 1.00. The maximum atomic E-state index is 5.64. The third kappa shape index (κ3) is 1.70. The van der Waals surface area contributed by atoms with Crippen LogP contribution in [-0.2, 0) is 4.74 Å². The average Bonchev–Trinajstić information content (AvgIpc) is 2.42. The van der Waals surface area contributed by atoms with Crippen LogP contribution in [0.1, 0.15) is 6.42 Å². The summed E-state index contributed by atoms with van der Waals surface area (Å²) in [5, 5.41) is 3.31. The van der Waals surface area contributed by atoms with Crippen LogP contribution in [0.2, 0.25) is 0 Å². The van der Waals surface area contributed by atoms with E-state index < -0.39 is 0 Å². The molecule has 0 saturated carbocycles. The van der Waals surface area contributed by atoms with E-state index in [1.165, 1.54) is 6.42 Å². The molecule has 2 aliphatic heterocycles. The molecule has 2 saturated heterocycles. The number of hydrogen-bond acceptors (Lipinski definition) is 3. The van der Waals surface area contributed by atoms with Crippen molar-refractivity contribution in [3.05, 3.63) is 0 Å². The zero-order chi connectivity index (χ0) is 7.03. The van der Waals surface area contributed by atoms with Crippen LogP contribution in [0.25, 0.3) is 0 Å². The normalized spacial score (nSPS) is 38.2. The van der Waals surface area contributed by atoms with Crippen LogP contribution in [-0.4, -0.2) is 31.8 Å². The van der Waals surface area contributed by atoms with Gasteiger partial charge in [0.05, 0.1) is 5.60 Å². The van der Waals surface area contributed by atoms with Crippen LogP contribution in [0.4, 0.5) is 0 Å². The fourth-order valence-corrected chi connectivity index (χ4v) is 2.02. The number of halogens is 2. The van der Waals surface area contributed by atoms with Crippen molar-refractivity contribution in [2.24, 2.45) is 11.7 Å². The molecule has 0 unspecified atom stereocenters. The van der Waals surface area contributed by atoms with Gasteiger partial charge in [-0.2, -0.15) is 0 Å². The molecule has 0 bridgehead atoms. The molecular formula is C7H16Cl2N2O. The van der Waals surface area contributed by atoms with E-state index in [4.69, 9.17) is 10.5 Å². The van der Waals surface area contributed by atoms with E-state index in [0.717, 1.165) is 19.7 Å². The summed E-state index contributed by atoms with van der Waals surface area (Å²) in [6, 6.07) is 0. The van der Waals surface area contributed by atoms with Crippen molar-refractivity contribution in [2.45, 2.75) is 12.0 Å². The predicted octanol–water partition coefficient (Wildman–Crippen LogP) is 0.167. The first kappa shape index (κ1) is 12.5. The van der Waals surface area contributed by atoms with Crippen molar-refractivity contribution in [2.75, 3.05) is 26.2 Å². The summed E-state index contributed by atoms with van der Waals surface area (Å²) in [7, 11) is 0. The van der Waals surface area contributed by atoms with Gasteiger partial charge in [0.15, 0.2) is 0 Å². The Balaban J connectivity index is 0.000000605. The van der Waals surface area contributed by atoms with Gasteiger partial charge in [-0.15, -0.1) is 24.8 Å². The summed E-state index contributed by atoms with van der Waals surface area (Å²) in [6.45, 7) is 3.62. The van der Waals surface area contributed by atoms with Gasteiger partial charge in [0.25, 0.3) is 0 Å². The Morgan fingerprint density at radius 2 is 2.25 bits per heavy atom. The average molecular weight is 215 g/mol. The lowest BCUT2D eigenvalue weighted by Gasteiger charge is -2.24. The van der Waals surface area contributed by atoms with E-state index in [2.05, 4.69) is 5.32 Å². The van der Waals surface area contributed by atoms with Crippen LogP contribution in [0.5, 0.6) is 0 Å². The second kappa shape index (κ2) is 4.63. The van der Waals surface area contributed by atoms with Gasteiger partial charge in [0.1, 0.15) is 0 Å². The van der Waals surface area contributed by atoms with Gasteiger partial charge in [-0.3, -0.25) is 0 Å². The first-order chi connectivity index (χ1) is 4.87. The lowest BCUT2D eigenvalue weighted by Crippen LogP contribution is -2.43. The Labute approximate surface area is 85.2 Å². The molecule has 0 aromatic rings. The molecule has 2 rings (SSSR count). The minimum absolute atomic E-state index is 0. The van der Waals surface area contributed by atoms with E-state index >= 15 is 0 Å². The monoisotopic (exact) mass is 214 g/mol. The van der Waals surface area contributed by atoms with Gasteiger partial charge in [0.2, 0.25) is 0 Å². The van der Waals surface area contributed by atoms with Crippen LogP contribution in [0.3, 0.4) is 0 Å². The highest BCUT2D eigenvalue weighted by Gasteiger charge is 2.46. The maximum absolute atomic E-state index is 5.64. The lowest BCUT2D eigenvalue weighted by molar-refractivity contribution is 0.0111. The molecule has 2 heterocycles. The SMILES string of the molecule is Cl.Cl.NC[C@@]12CNC[C@@H]1CCO2. The quantitative estimate of drug-likeness (QED) is 0.655. The van der Waals surface area contributed by atoms with Crippen molar-refractivity contribution in [1.29, 1.82) is 0 Å². The van der Waals surface area contributed by atoms with Crippen molar-refractivity contribution >= 4 is 24.8 Å². The molecule has 2 aliphatic rings. The number of ether oxygens (including phenoxy) is 1. The smallest absolute Gasteiger partial charge is 0.0968 e. The van der Waals surface area contributed by atoms with Crippen LogP contribution in [0.15, 0.2) is 0 Å². The van der Waals surface area contributed by atoms with Gasteiger partial charge < -0.3 is 15.8 Å². The number of rotatable bonds is 1. The molecule has 0 amide bonds. The van der Waals surface area contributed by atoms with Gasteiger partial charge in [0, 0.05) is 32.2 Å². The molecular weight excluding hydrogens is 199 g/mol. The second-order valence-corrected chi connectivity index (χ2v) is 3.23. The maximum Gasteiger partial charge on any atom is 0.0968 e. The van der Waals surface area contributed by atoms with E-state index in [1.807, 2.05) is 0 Å². The molecule has 2 fully saturated rings. The van der Waals surface area contributed by atoms with Gasteiger partial charge in [-0.05, 0) is 6.42 Å². The molecule has 5 heteroatoms.